The number of carbonyl (C=O) groups excluding carboxylic acids is 1. The SMILES string of the molecule is CCc1ccc(CNC(=O)[C@@H]2CCCN2)cc1. The van der Waals surface area contributed by atoms with Gasteiger partial charge >= 0.3 is 0 Å². The summed E-state index contributed by atoms with van der Waals surface area (Å²) in [5.74, 6) is 0.127. The van der Waals surface area contributed by atoms with Gasteiger partial charge < -0.3 is 10.6 Å². The Balaban J connectivity index is 1.82. The number of aryl methyl sites for hydroxylation is 1. The van der Waals surface area contributed by atoms with Crippen molar-refractivity contribution < 1.29 is 4.79 Å². The maximum Gasteiger partial charge on any atom is 0.237 e. The monoisotopic (exact) mass is 232 g/mol. The highest BCUT2D eigenvalue weighted by molar-refractivity contribution is 5.81. The average molecular weight is 232 g/mol. The van der Waals surface area contributed by atoms with E-state index in [0.29, 0.717) is 6.54 Å². The summed E-state index contributed by atoms with van der Waals surface area (Å²) >= 11 is 0. The molecule has 0 radical (unpaired) electrons. The number of benzene rings is 1. The van der Waals surface area contributed by atoms with Crippen LogP contribution < -0.4 is 10.6 Å². The van der Waals surface area contributed by atoms with Crippen molar-refractivity contribution in [2.75, 3.05) is 6.54 Å². The Morgan fingerprint density at radius 1 is 1.35 bits per heavy atom. The van der Waals surface area contributed by atoms with Gasteiger partial charge in [-0.1, -0.05) is 31.2 Å². The maximum absolute atomic E-state index is 11.8. The van der Waals surface area contributed by atoms with Crippen molar-refractivity contribution in [1.82, 2.24) is 10.6 Å². The van der Waals surface area contributed by atoms with Gasteiger partial charge in [-0.25, -0.2) is 0 Å². The Bertz CT molecular complexity index is 366. The van der Waals surface area contributed by atoms with Crippen molar-refractivity contribution in [1.29, 1.82) is 0 Å². The predicted molar refractivity (Wildman–Crippen MR) is 68.7 cm³/mol. The van der Waals surface area contributed by atoms with E-state index in [4.69, 9.17) is 0 Å². The van der Waals surface area contributed by atoms with Gasteiger partial charge in [0.15, 0.2) is 0 Å². The molecule has 1 amide bonds. The summed E-state index contributed by atoms with van der Waals surface area (Å²) in [6.07, 6.45) is 3.11. The molecule has 0 saturated carbocycles. The quantitative estimate of drug-likeness (QED) is 0.828. The Morgan fingerprint density at radius 2 is 2.06 bits per heavy atom. The molecule has 0 unspecified atom stereocenters. The van der Waals surface area contributed by atoms with E-state index in [-0.39, 0.29) is 11.9 Å². The van der Waals surface area contributed by atoms with Crippen molar-refractivity contribution in [3.05, 3.63) is 35.4 Å². The summed E-state index contributed by atoms with van der Waals surface area (Å²) in [5, 5.41) is 6.18. The molecule has 1 aliphatic heterocycles. The first-order chi connectivity index (χ1) is 8.29. The molecule has 1 aromatic carbocycles. The second kappa shape index (κ2) is 5.82. The van der Waals surface area contributed by atoms with E-state index in [1.807, 2.05) is 0 Å². The predicted octanol–water partition coefficient (Wildman–Crippen LogP) is 1.62. The van der Waals surface area contributed by atoms with Crippen molar-refractivity contribution in [2.45, 2.75) is 38.8 Å². The fraction of sp³-hybridized carbons (Fsp3) is 0.500. The minimum absolute atomic E-state index is 0.0184. The smallest absolute Gasteiger partial charge is 0.237 e. The lowest BCUT2D eigenvalue weighted by Crippen LogP contribution is -2.39. The molecular weight excluding hydrogens is 212 g/mol. The van der Waals surface area contributed by atoms with Crippen LogP contribution in [0.4, 0.5) is 0 Å². The third-order valence-electron chi connectivity index (χ3n) is 3.27. The highest BCUT2D eigenvalue weighted by atomic mass is 16.2. The van der Waals surface area contributed by atoms with Crippen LogP contribution in [0.2, 0.25) is 0 Å². The maximum atomic E-state index is 11.8. The Kier molecular flexibility index (Phi) is 4.15. The average Bonchev–Trinajstić information content (AvgIpc) is 2.90. The van der Waals surface area contributed by atoms with Crippen LogP contribution in [-0.4, -0.2) is 18.5 Å². The largest absolute Gasteiger partial charge is 0.351 e. The third kappa shape index (κ3) is 3.30. The number of hydrogen-bond donors (Lipinski definition) is 2. The summed E-state index contributed by atoms with van der Waals surface area (Å²) in [7, 11) is 0. The molecule has 0 bridgehead atoms. The number of amides is 1. The van der Waals surface area contributed by atoms with Crippen molar-refractivity contribution in [3.63, 3.8) is 0 Å². The molecular formula is C14H20N2O. The van der Waals surface area contributed by atoms with E-state index in [1.54, 1.807) is 0 Å². The molecule has 1 fully saturated rings. The molecule has 92 valence electrons. The van der Waals surface area contributed by atoms with E-state index in [1.165, 1.54) is 5.56 Å². The highest BCUT2D eigenvalue weighted by Gasteiger charge is 2.21. The van der Waals surface area contributed by atoms with Gasteiger partial charge in [-0.05, 0) is 36.9 Å². The molecule has 3 nitrogen and oxygen atoms in total. The Labute approximate surface area is 103 Å². The van der Waals surface area contributed by atoms with Gasteiger partial charge in [0.05, 0.1) is 6.04 Å². The van der Waals surface area contributed by atoms with Crippen LogP contribution in [0.1, 0.15) is 30.9 Å². The number of rotatable bonds is 4. The summed E-state index contributed by atoms with van der Waals surface area (Å²) in [4.78, 5) is 11.8. The fourth-order valence-corrected chi connectivity index (χ4v) is 2.11. The standard InChI is InChI=1S/C14H20N2O/c1-2-11-5-7-12(8-6-11)10-16-14(17)13-4-3-9-15-13/h5-8,13,15H,2-4,9-10H2,1H3,(H,16,17)/t13-/m0/s1. The van der Waals surface area contributed by atoms with Gasteiger partial charge in [0.25, 0.3) is 0 Å². The normalized spacial score (nSPS) is 19.2. The first-order valence-electron chi connectivity index (χ1n) is 6.38. The first-order valence-corrected chi connectivity index (χ1v) is 6.38. The molecule has 3 heteroatoms. The molecule has 1 saturated heterocycles. The summed E-state index contributed by atoms with van der Waals surface area (Å²) in [6.45, 7) is 3.73. The van der Waals surface area contributed by atoms with E-state index < -0.39 is 0 Å². The van der Waals surface area contributed by atoms with E-state index in [2.05, 4.69) is 41.8 Å². The minimum Gasteiger partial charge on any atom is -0.351 e. The Hall–Kier alpha value is -1.35. The second-order valence-corrected chi connectivity index (χ2v) is 4.54. The van der Waals surface area contributed by atoms with Gasteiger partial charge in [0.2, 0.25) is 5.91 Å². The Morgan fingerprint density at radius 3 is 2.65 bits per heavy atom. The van der Waals surface area contributed by atoms with Crippen LogP contribution in [0.25, 0.3) is 0 Å². The van der Waals surface area contributed by atoms with Crippen LogP contribution in [0.5, 0.6) is 0 Å². The first kappa shape index (κ1) is 12.1. The van der Waals surface area contributed by atoms with Crippen molar-refractivity contribution in [3.8, 4) is 0 Å². The minimum atomic E-state index is 0.0184. The molecule has 2 rings (SSSR count). The van der Waals surface area contributed by atoms with Gasteiger partial charge in [0.1, 0.15) is 0 Å². The second-order valence-electron chi connectivity index (χ2n) is 4.54. The topological polar surface area (TPSA) is 41.1 Å². The molecule has 0 aromatic heterocycles. The molecule has 17 heavy (non-hydrogen) atoms. The summed E-state index contributed by atoms with van der Waals surface area (Å²) in [5.41, 5.74) is 2.49. The lowest BCUT2D eigenvalue weighted by atomic mass is 10.1. The molecule has 1 aliphatic rings. The fourth-order valence-electron chi connectivity index (χ4n) is 2.11. The lowest BCUT2D eigenvalue weighted by molar-refractivity contribution is -0.122. The van der Waals surface area contributed by atoms with Gasteiger partial charge in [-0.3, -0.25) is 4.79 Å². The zero-order valence-electron chi connectivity index (χ0n) is 10.3. The van der Waals surface area contributed by atoms with Crippen LogP contribution in [0, 0.1) is 0 Å². The highest BCUT2D eigenvalue weighted by Crippen LogP contribution is 2.07. The number of hydrogen-bond acceptors (Lipinski definition) is 2. The van der Waals surface area contributed by atoms with E-state index in [9.17, 15) is 4.79 Å². The third-order valence-corrected chi connectivity index (χ3v) is 3.27. The molecule has 1 atom stereocenters. The van der Waals surface area contributed by atoms with E-state index in [0.717, 1.165) is 31.4 Å². The number of carbonyl (C=O) groups is 1. The van der Waals surface area contributed by atoms with E-state index >= 15 is 0 Å². The summed E-state index contributed by atoms with van der Waals surface area (Å²) in [6, 6.07) is 8.43. The molecule has 0 aliphatic carbocycles. The molecule has 1 aromatic rings. The van der Waals surface area contributed by atoms with Crippen molar-refractivity contribution in [2.24, 2.45) is 0 Å². The van der Waals surface area contributed by atoms with Crippen LogP contribution in [0.15, 0.2) is 24.3 Å². The van der Waals surface area contributed by atoms with Crippen LogP contribution in [0.3, 0.4) is 0 Å². The molecule has 0 spiro atoms. The van der Waals surface area contributed by atoms with Gasteiger partial charge in [-0.15, -0.1) is 0 Å². The van der Waals surface area contributed by atoms with Gasteiger partial charge in [-0.2, -0.15) is 0 Å². The molecule has 2 N–H and O–H groups in total. The van der Waals surface area contributed by atoms with Crippen molar-refractivity contribution >= 4 is 5.91 Å². The number of nitrogens with one attached hydrogen (secondary N) is 2. The zero-order chi connectivity index (χ0) is 12.1. The van der Waals surface area contributed by atoms with Crippen LogP contribution in [-0.2, 0) is 17.8 Å². The summed E-state index contributed by atoms with van der Waals surface area (Å²) < 4.78 is 0. The van der Waals surface area contributed by atoms with Gasteiger partial charge in [0, 0.05) is 6.54 Å². The van der Waals surface area contributed by atoms with Crippen LogP contribution >= 0.6 is 0 Å². The lowest BCUT2D eigenvalue weighted by Gasteiger charge is -2.11. The zero-order valence-corrected chi connectivity index (χ0v) is 10.3. The molecule has 1 heterocycles.